The molecule has 0 saturated carbocycles. The quantitative estimate of drug-likeness (QED) is 0.184. The smallest absolute Gasteiger partial charge is 0.337 e. The van der Waals surface area contributed by atoms with E-state index in [2.05, 4.69) is 54.8 Å². The van der Waals surface area contributed by atoms with Crippen molar-refractivity contribution in [3.05, 3.63) is 82.7 Å². The number of carbonyl (C=O) groups excluding carboxylic acids is 2. The summed E-state index contributed by atoms with van der Waals surface area (Å²) in [6, 6.07) is 16.9. The molecule has 1 aliphatic heterocycles. The van der Waals surface area contributed by atoms with Gasteiger partial charge in [0.15, 0.2) is 0 Å². The molecule has 11 heteroatoms. The molecule has 3 aromatic rings. The standard InChI is InChI=1S/C30H34N6O4S/c1-19-14-20(2)32-28(31-19)34-29(36-12-10-22(11-13-36)15-21-8-6-5-7-9-21)35-30(41)33-25-17-23(26(37)39-3)16-24(18-25)27(38)40-4/h5-9,14,16-18,22H,10-13,15H2,1-4H3,(H2,31,32,33,34,35,41). The molecular weight excluding hydrogens is 540 g/mol. The number of guanidine groups is 1. The number of nitrogens with zero attached hydrogens (tertiary/aromatic N) is 4. The lowest BCUT2D eigenvalue weighted by Crippen LogP contribution is -2.43. The number of likely N-dealkylation sites (tertiary alicyclic amines) is 1. The Bertz CT molecular complexity index is 1380. The zero-order valence-corrected chi connectivity index (χ0v) is 24.5. The van der Waals surface area contributed by atoms with Crippen LogP contribution in [0.4, 0.5) is 11.6 Å². The summed E-state index contributed by atoms with van der Waals surface area (Å²) in [7, 11) is 2.54. The van der Waals surface area contributed by atoms with Crippen molar-refractivity contribution in [1.82, 2.24) is 14.9 Å². The fraction of sp³-hybridized carbons (Fsp3) is 0.333. The fourth-order valence-corrected chi connectivity index (χ4v) is 4.98. The molecule has 2 N–H and O–H groups in total. The van der Waals surface area contributed by atoms with Gasteiger partial charge in [0.05, 0.1) is 25.3 Å². The molecule has 214 valence electrons. The number of methoxy groups -OCH3 is 2. The number of esters is 2. The molecule has 2 aromatic carbocycles. The molecule has 1 aliphatic rings. The van der Waals surface area contributed by atoms with Gasteiger partial charge in [0, 0.05) is 30.2 Å². The third-order valence-corrected chi connectivity index (χ3v) is 6.91. The summed E-state index contributed by atoms with van der Waals surface area (Å²) >= 11 is 5.60. The predicted molar refractivity (Wildman–Crippen MR) is 162 cm³/mol. The third kappa shape index (κ3) is 8.31. The number of benzene rings is 2. The van der Waals surface area contributed by atoms with Gasteiger partial charge in [0.2, 0.25) is 17.0 Å². The van der Waals surface area contributed by atoms with Gasteiger partial charge in [-0.05, 0) is 81.1 Å². The van der Waals surface area contributed by atoms with Crippen LogP contribution < -0.4 is 10.6 Å². The van der Waals surface area contributed by atoms with Gasteiger partial charge in [0.25, 0.3) is 0 Å². The highest BCUT2D eigenvalue weighted by molar-refractivity contribution is 7.80. The van der Waals surface area contributed by atoms with Crippen molar-refractivity contribution < 1.29 is 19.1 Å². The molecule has 0 aliphatic carbocycles. The number of aliphatic imine (C=N–C) groups is 1. The number of hydrogen-bond donors (Lipinski definition) is 2. The van der Waals surface area contributed by atoms with Gasteiger partial charge in [-0.1, -0.05) is 30.3 Å². The lowest BCUT2D eigenvalue weighted by molar-refractivity contribution is 0.0599. The Kier molecular flexibility index (Phi) is 9.96. The molecule has 41 heavy (non-hydrogen) atoms. The highest BCUT2D eigenvalue weighted by Gasteiger charge is 2.23. The van der Waals surface area contributed by atoms with Gasteiger partial charge in [-0.2, -0.15) is 4.99 Å². The molecule has 0 atom stereocenters. The highest BCUT2D eigenvalue weighted by atomic mass is 32.1. The Morgan fingerprint density at radius 3 is 2.07 bits per heavy atom. The number of nitrogens with one attached hydrogen (secondary N) is 2. The maximum Gasteiger partial charge on any atom is 0.337 e. The van der Waals surface area contributed by atoms with Crippen LogP contribution in [0.2, 0.25) is 0 Å². The molecule has 0 bridgehead atoms. The van der Waals surface area contributed by atoms with Crippen LogP contribution in [0.5, 0.6) is 0 Å². The summed E-state index contributed by atoms with van der Waals surface area (Å²) in [5, 5.41) is 6.41. The number of piperidine rings is 1. The lowest BCUT2D eigenvalue weighted by atomic mass is 9.90. The number of anilines is 2. The molecule has 0 radical (unpaired) electrons. The fourth-order valence-electron chi connectivity index (χ4n) is 4.77. The maximum atomic E-state index is 12.2. The number of aromatic nitrogens is 2. The number of carbonyl (C=O) groups is 2. The lowest BCUT2D eigenvalue weighted by Gasteiger charge is -2.34. The van der Waals surface area contributed by atoms with Gasteiger partial charge < -0.3 is 19.7 Å². The van der Waals surface area contributed by atoms with Crippen LogP contribution in [0, 0.1) is 19.8 Å². The topological polar surface area (TPSA) is 118 Å². The minimum Gasteiger partial charge on any atom is -0.465 e. The molecule has 1 saturated heterocycles. The molecule has 0 unspecified atom stereocenters. The number of hydrogen-bond acceptors (Lipinski definition) is 7. The minimum absolute atomic E-state index is 0.126. The minimum atomic E-state index is -0.596. The molecule has 1 fully saturated rings. The van der Waals surface area contributed by atoms with E-state index in [1.54, 1.807) is 0 Å². The van der Waals surface area contributed by atoms with Crippen molar-refractivity contribution in [1.29, 1.82) is 0 Å². The molecule has 1 aromatic heterocycles. The second-order valence-corrected chi connectivity index (χ2v) is 10.3. The monoisotopic (exact) mass is 574 g/mol. The first-order valence-corrected chi connectivity index (χ1v) is 13.7. The summed E-state index contributed by atoms with van der Waals surface area (Å²) in [6.07, 6.45) is 3.02. The molecule has 0 spiro atoms. The van der Waals surface area contributed by atoms with Gasteiger partial charge in [-0.15, -0.1) is 0 Å². The van der Waals surface area contributed by atoms with Crippen LogP contribution in [0.3, 0.4) is 0 Å². The van der Waals surface area contributed by atoms with Gasteiger partial charge in [0.1, 0.15) is 0 Å². The van der Waals surface area contributed by atoms with E-state index in [9.17, 15) is 9.59 Å². The summed E-state index contributed by atoms with van der Waals surface area (Å²) < 4.78 is 9.66. The van der Waals surface area contributed by atoms with Crippen LogP contribution in [-0.4, -0.2) is 65.2 Å². The summed E-state index contributed by atoms with van der Waals surface area (Å²) in [4.78, 5) is 40.3. The first-order valence-electron chi connectivity index (χ1n) is 13.3. The van der Waals surface area contributed by atoms with Gasteiger partial charge >= 0.3 is 11.9 Å². The Morgan fingerprint density at radius 2 is 1.51 bits per heavy atom. The summed E-state index contributed by atoms with van der Waals surface area (Å²) in [5.74, 6) is 0.316. The van der Waals surface area contributed by atoms with Crippen LogP contribution >= 0.6 is 12.2 Å². The van der Waals surface area contributed by atoms with Crippen molar-refractivity contribution in [2.75, 3.05) is 37.9 Å². The number of thiocarbonyl (C=S) groups is 1. The molecule has 2 heterocycles. The Labute approximate surface area is 245 Å². The van der Waals surface area contributed by atoms with E-state index >= 15 is 0 Å². The van der Waals surface area contributed by atoms with Crippen LogP contribution in [0.25, 0.3) is 0 Å². The zero-order chi connectivity index (χ0) is 29.4. The van der Waals surface area contributed by atoms with Crippen LogP contribution in [0.1, 0.15) is 50.5 Å². The highest BCUT2D eigenvalue weighted by Crippen LogP contribution is 2.23. The summed E-state index contributed by atoms with van der Waals surface area (Å²) in [5.41, 5.74) is 3.74. The largest absolute Gasteiger partial charge is 0.465 e. The van der Waals surface area contributed by atoms with E-state index in [1.807, 2.05) is 26.0 Å². The average Bonchev–Trinajstić information content (AvgIpc) is 2.96. The normalized spacial score (nSPS) is 13.9. The SMILES string of the molecule is COC(=O)c1cc(NC(=S)/N=C(/Nc2nc(C)cc(C)n2)N2CCC(Cc3ccccc3)CC2)cc(C(=O)OC)c1. The maximum absolute atomic E-state index is 12.2. The second kappa shape index (κ2) is 13.8. The molecule has 4 rings (SSSR count). The Hall–Kier alpha value is -4.38. The first-order chi connectivity index (χ1) is 19.7. The van der Waals surface area contributed by atoms with Gasteiger partial charge in [-0.3, -0.25) is 5.32 Å². The Balaban J connectivity index is 1.56. The van der Waals surface area contributed by atoms with E-state index < -0.39 is 11.9 Å². The first kappa shape index (κ1) is 29.6. The van der Waals surface area contributed by atoms with E-state index in [0.717, 1.165) is 43.7 Å². The second-order valence-electron chi connectivity index (χ2n) is 9.87. The molecular formula is C30H34N6O4S. The Morgan fingerprint density at radius 1 is 0.927 bits per heavy atom. The van der Waals surface area contributed by atoms with Gasteiger partial charge in [-0.25, -0.2) is 19.6 Å². The number of ether oxygens (including phenoxy) is 2. The predicted octanol–water partition coefficient (Wildman–Crippen LogP) is 4.79. The van der Waals surface area contributed by atoms with Crippen molar-refractivity contribution in [3.8, 4) is 0 Å². The summed E-state index contributed by atoms with van der Waals surface area (Å²) in [6.45, 7) is 5.37. The third-order valence-electron chi connectivity index (χ3n) is 6.72. The average molecular weight is 575 g/mol. The van der Waals surface area contributed by atoms with Crippen molar-refractivity contribution >= 4 is 46.9 Å². The number of aryl methyl sites for hydroxylation is 2. The van der Waals surface area contributed by atoms with E-state index in [4.69, 9.17) is 21.7 Å². The van der Waals surface area contributed by atoms with Crippen LogP contribution in [-0.2, 0) is 15.9 Å². The zero-order valence-electron chi connectivity index (χ0n) is 23.6. The van der Waals surface area contributed by atoms with E-state index in [1.165, 1.54) is 38.0 Å². The van der Waals surface area contributed by atoms with Crippen molar-refractivity contribution in [3.63, 3.8) is 0 Å². The van der Waals surface area contributed by atoms with Crippen molar-refractivity contribution in [2.24, 2.45) is 10.9 Å². The van der Waals surface area contributed by atoms with E-state index in [0.29, 0.717) is 23.5 Å². The van der Waals surface area contributed by atoms with Crippen LogP contribution in [0.15, 0.2) is 59.6 Å². The molecule has 0 amide bonds. The van der Waals surface area contributed by atoms with E-state index in [-0.39, 0.29) is 16.2 Å². The number of rotatable bonds is 6. The molecule has 10 nitrogen and oxygen atoms in total. The van der Waals surface area contributed by atoms with Crippen molar-refractivity contribution in [2.45, 2.75) is 33.1 Å².